The number of hydrogen-bond acceptors (Lipinski definition) is 5. The number of furan rings is 1. The average Bonchev–Trinajstić information content (AvgIpc) is 2.66. The SMILES string of the molecule is O=C1C=COC(c2ccc([N+](=O)[O-])o2)C1. The fourth-order valence-corrected chi connectivity index (χ4v) is 1.29. The minimum atomic E-state index is -0.635. The van der Waals surface area contributed by atoms with E-state index in [2.05, 4.69) is 0 Å². The molecular weight excluding hydrogens is 202 g/mol. The van der Waals surface area contributed by atoms with Gasteiger partial charge in [-0.1, -0.05) is 0 Å². The first kappa shape index (κ1) is 9.45. The van der Waals surface area contributed by atoms with E-state index in [-0.39, 0.29) is 18.1 Å². The smallest absolute Gasteiger partial charge is 0.433 e. The molecule has 2 rings (SSSR count). The molecule has 0 saturated carbocycles. The number of ether oxygens (including phenoxy) is 1. The molecule has 0 spiro atoms. The van der Waals surface area contributed by atoms with E-state index in [0.29, 0.717) is 5.76 Å². The lowest BCUT2D eigenvalue weighted by atomic mass is 10.1. The highest BCUT2D eigenvalue weighted by molar-refractivity contribution is 5.90. The molecule has 1 aromatic heterocycles. The molecule has 0 radical (unpaired) electrons. The summed E-state index contributed by atoms with van der Waals surface area (Å²) >= 11 is 0. The number of nitrogens with zero attached hydrogens (tertiary/aromatic N) is 1. The second-order valence-corrected chi connectivity index (χ2v) is 3.03. The molecule has 0 aromatic carbocycles. The van der Waals surface area contributed by atoms with E-state index in [1.165, 1.54) is 24.5 Å². The first-order valence-electron chi connectivity index (χ1n) is 4.26. The number of nitro groups is 1. The van der Waals surface area contributed by atoms with Crippen LogP contribution < -0.4 is 0 Å². The Bertz CT molecular complexity index is 433. The summed E-state index contributed by atoms with van der Waals surface area (Å²) in [5.74, 6) is -0.152. The zero-order valence-corrected chi connectivity index (χ0v) is 7.58. The normalized spacial score (nSPS) is 20.0. The van der Waals surface area contributed by atoms with Crippen molar-refractivity contribution in [1.29, 1.82) is 0 Å². The van der Waals surface area contributed by atoms with Crippen molar-refractivity contribution in [3.8, 4) is 0 Å². The van der Waals surface area contributed by atoms with Crippen LogP contribution in [-0.4, -0.2) is 10.7 Å². The molecule has 0 bridgehead atoms. The fourth-order valence-electron chi connectivity index (χ4n) is 1.29. The Balaban J connectivity index is 2.19. The summed E-state index contributed by atoms with van der Waals surface area (Å²) < 4.78 is 10.0. The average molecular weight is 209 g/mol. The molecule has 6 heteroatoms. The molecule has 15 heavy (non-hydrogen) atoms. The molecule has 78 valence electrons. The molecule has 0 fully saturated rings. The second-order valence-electron chi connectivity index (χ2n) is 3.03. The van der Waals surface area contributed by atoms with E-state index in [1.54, 1.807) is 0 Å². The highest BCUT2D eigenvalue weighted by Gasteiger charge is 2.24. The standard InChI is InChI=1S/C9H7NO5/c11-6-3-4-14-8(5-6)7-1-2-9(15-7)10(12)13/h1-4,8H,5H2. The van der Waals surface area contributed by atoms with E-state index < -0.39 is 11.0 Å². The summed E-state index contributed by atoms with van der Waals surface area (Å²) in [6.07, 6.45) is 2.16. The van der Waals surface area contributed by atoms with Crippen LogP contribution in [0.25, 0.3) is 0 Å². The molecule has 0 saturated heterocycles. The molecule has 1 aliphatic heterocycles. The van der Waals surface area contributed by atoms with Crippen molar-refractivity contribution >= 4 is 11.7 Å². The lowest BCUT2D eigenvalue weighted by molar-refractivity contribution is -0.402. The van der Waals surface area contributed by atoms with Gasteiger partial charge in [0.1, 0.15) is 4.92 Å². The summed E-state index contributed by atoms with van der Waals surface area (Å²) in [6, 6.07) is 2.68. The van der Waals surface area contributed by atoms with Gasteiger partial charge in [-0.05, 0) is 6.07 Å². The van der Waals surface area contributed by atoms with Gasteiger partial charge in [0, 0.05) is 6.08 Å². The summed E-state index contributed by atoms with van der Waals surface area (Å²) in [7, 11) is 0. The number of hydrogen-bond donors (Lipinski definition) is 0. The predicted molar refractivity (Wildman–Crippen MR) is 48.0 cm³/mol. The molecule has 0 aliphatic carbocycles. The minimum absolute atomic E-state index is 0.0923. The maximum Gasteiger partial charge on any atom is 0.433 e. The Labute approximate surface area is 84.3 Å². The van der Waals surface area contributed by atoms with Crippen LogP contribution in [0.4, 0.5) is 5.88 Å². The topological polar surface area (TPSA) is 82.6 Å². The largest absolute Gasteiger partial charge is 0.489 e. The third-order valence-corrected chi connectivity index (χ3v) is 1.99. The number of rotatable bonds is 2. The molecular formula is C9H7NO5. The Kier molecular flexibility index (Phi) is 2.24. The molecule has 0 N–H and O–H groups in total. The van der Waals surface area contributed by atoms with Crippen molar-refractivity contribution in [1.82, 2.24) is 0 Å². The number of carbonyl (C=O) groups is 1. The van der Waals surface area contributed by atoms with Gasteiger partial charge in [-0.25, -0.2) is 0 Å². The van der Waals surface area contributed by atoms with E-state index >= 15 is 0 Å². The van der Waals surface area contributed by atoms with E-state index in [9.17, 15) is 14.9 Å². The maximum atomic E-state index is 11.0. The van der Waals surface area contributed by atoms with E-state index in [0.717, 1.165) is 0 Å². The zero-order valence-electron chi connectivity index (χ0n) is 7.58. The Morgan fingerprint density at radius 3 is 2.87 bits per heavy atom. The van der Waals surface area contributed by atoms with E-state index in [4.69, 9.17) is 9.15 Å². The van der Waals surface area contributed by atoms with Crippen molar-refractivity contribution in [3.63, 3.8) is 0 Å². The predicted octanol–water partition coefficient (Wildman–Crippen LogP) is 1.73. The van der Waals surface area contributed by atoms with Gasteiger partial charge >= 0.3 is 5.88 Å². The van der Waals surface area contributed by atoms with Gasteiger partial charge < -0.3 is 9.15 Å². The molecule has 1 aliphatic rings. The van der Waals surface area contributed by atoms with Gasteiger partial charge in [-0.2, -0.15) is 0 Å². The number of ketones is 1. The van der Waals surface area contributed by atoms with Gasteiger partial charge in [0.25, 0.3) is 0 Å². The van der Waals surface area contributed by atoms with Crippen molar-refractivity contribution in [3.05, 3.63) is 40.3 Å². The minimum Gasteiger partial charge on any atom is -0.489 e. The summed E-state index contributed by atoms with van der Waals surface area (Å²) in [4.78, 5) is 20.8. The van der Waals surface area contributed by atoms with Crippen LogP contribution >= 0.6 is 0 Å². The molecule has 1 aromatic rings. The maximum absolute atomic E-state index is 11.0. The summed E-state index contributed by atoms with van der Waals surface area (Å²) in [5, 5.41) is 10.4. The van der Waals surface area contributed by atoms with Crippen LogP contribution in [0.1, 0.15) is 18.3 Å². The van der Waals surface area contributed by atoms with Gasteiger partial charge in [-0.15, -0.1) is 0 Å². The summed E-state index contributed by atoms with van der Waals surface area (Å²) in [5.41, 5.74) is 0. The van der Waals surface area contributed by atoms with Gasteiger partial charge in [-0.3, -0.25) is 14.9 Å². The van der Waals surface area contributed by atoms with Crippen molar-refractivity contribution in [2.24, 2.45) is 0 Å². The highest BCUT2D eigenvalue weighted by atomic mass is 16.6. The lowest BCUT2D eigenvalue weighted by Gasteiger charge is -2.15. The monoisotopic (exact) mass is 209 g/mol. The number of carbonyl (C=O) groups excluding carboxylic acids is 1. The first-order valence-corrected chi connectivity index (χ1v) is 4.26. The third kappa shape index (κ3) is 1.88. The molecule has 1 unspecified atom stereocenters. The summed E-state index contributed by atoms with van der Waals surface area (Å²) in [6.45, 7) is 0. The van der Waals surface area contributed by atoms with Crippen LogP contribution in [0.15, 0.2) is 28.9 Å². The van der Waals surface area contributed by atoms with Gasteiger partial charge in [0.2, 0.25) is 0 Å². The van der Waals surface area contributed by atoms with Crippen LogP contribution in [-0.2, 0) is 9.53 Å². The second kappa shape index (κ2) is 3.56. The molecule has 0 amide bonds. The van der Waals surface area contributed by atoms with Gasteiger partial charge in [0.15, 0.2) is 17.6 Å². The molecule has 6 nitrogen and oxygen atoms in total. The van der Waals surface area contributed by atoms with Crippen LogP contribution in [0.5, 0.6) is 0 Å². The Morgan fingerprint density at radius 1 is 1.47 bits per heavy atom. The zero-order chi connectivity index (χ0) is 10.8. The van der Waals surface area contributed by atoms with Crippen molar-refractivity contribution in [2.45, 2.75) is 12.5 Å². The molecule has 2 heterocycles. The van der Waals surface area contributed by atoms with Crippen LogP contribution in [0.2, 0.25) is 0 Å². The Hall–Kier alpha value is -2.11. The van der Waals surface area contributed by atoms with Crippen molar-refractivity contribution < 1.29 is 18.9 Å². The molecule has 1 atom stereocenters. The van der Waals surface area contributed by atoms with Crippen LogP contribution in [0.3, 0.4) is 0 Å². The van der Waals surface area contributed by atoms with Gasteiger partial charge in [0.05, 0.1) is 18.7 Å². The van der Waals surface area contributed by atoms with Crippen LogP contribution in [0, 0.1) is 10.1 Å². The number of allylic oxidation sites excluding steroid dienone is 1. The highest BCUT2D eigenvalue weighted by Crippen LogP contribution is 2.28. The van der Waals surface area contributed by atoms with Crippen molar-refractivity contribution in [2.75, 3.05) is 0 Å². The lowest BCUT2D eigenvalue weighted by Crippen LogP contribution is -2.10. The Morgan fingerprint density at radius 2 is 2.27 bits per heavy atom. The quantitative estimate of drug-likeness (QED) is 0.547. The first-order chi connectivity index (χ1) is 7.16. The van der Waals surface area contributed by atoms with E-state index in [1.807, 2.05) is 0 Å². The third-order valence-electron chi connectivity index (χ3n) is 1.99. The fraction of sp³-hybridized carbons (Fsp3) is 0.222.